The van der Waals surface area contributed by atoms with Crippen LogP contribution in [0, 0.1) is 0 Å². The Bertz CT molecular complexity index is 372. The molecule has 0 spiro atoms. The highest BCUT2D eigenvalue weighted by Gasteiger charge is 2.11. The summed E-state index contributed by atoms with van der Waals surface area (Å²) in [6.45, 7) is 2.12. The van der Waals surface area contributed by atoms with Crippen LogP contribution in [0.1, 0.15) is 17.3 Å². The molecule has 0 aliphatic carbocycles. The molecule has 0 aliphatic rings. The molecular formula is C9H13N3O2. The van der Waals surface area contributed by atoms with E-state index in [1.165, 1.54) is 12.3 Å². The van der Waals surface area contributed by atoms with Crippen LogP contribution in [0.2, 0.25) is 0 Å². The molecule has 0 saturated carbocycles. The molecule has 4 N–H and O–H groups in total. The Labute approximate surface area is 81.3 Å². The zero-order valence-electron chi connectivity index (χ0n) is 7.91. The van der Waals surface area contributed by atoms with E-state index >= 15 is 0 Å². The Morgan fingerprint density at radius 1 is 1.71 bits per heavy atom. The summed E-state index contributed by atoms with van der Waals surface area (Å²) in [6, 6.07) is 2.93. The van der Waals surface area contributed by atoms with E-state index in [2.05, 4.69) is 10.3 Å². The highest BCUT2D eigenvalue weighted by molar-refractivity contribution is 5.93. The number of pyridine rings is 1. The first kappa shape index (κ1) is 10.5. The van der Waals surface area contributed by atoms with Crippen molar-refractivity contribution in [2.24, 2.45) is 5.73 Å². The topological polar surface area (TPSA) is 88.0 Å². The molecule has 0 fully saturated rings. The van der Waals surface area contributed by atoms with Crippen LogP contribution in [-0.2, 0) is 0 Å². The molecule has 1 atom stereocenters. The monoisotopic (exact) mass is 195 g/mol. The van der Waals surface area contributed by atoms with Crippen LogP contribution in [0.5, 0.6) is 0 Å². The number of amides is 1. The molecule has 76 valence electrons. The van der Waals surface area contributed by atoms with Gasteiger partial charge in [-0.2, -0.15) is 0 Å². The van der Waals surface area contributed by atoms with Gasteiger partial charge in [0.25, 0.3) is 11.5 Å². The molecule has 0 radical (unpaired) electrons. The number of hydrogen-bond acceptors (Lipinski definition) is 3. The quantitative estimate of drug-likeness (QED) is 0.604. The van der Waals surface area contributed by atoms with Crippen molar-refractivity contribution in [1.29, 1.82) is 0 Å². The van der Waals surface area contributed by atoms with Gasteiger partial charge in [0.1, 0.15) is 5.56 Å². The summed E-state index contributed by atoms with van der Waals surface area (Å²) in [6.07, 6.45) is 1.48. The molecule has 1 amide bonds. The average molecular weight is 195 g/mol. The minimum absolute atomic E-state index is 0.104. The number of carbonyl (C=O) groups is 1. The van der Waals surface area contributed by atoms with Gasteiger partial charge in [-0.05, 0) is 19.1 Å². The van der Waals surface area contributed by atoms with Gasteiger partial charge >= 0.3 is 0 Å². The van der Waals surface area contributed by atoms with Crippen molar-refractivity contribution < 1.29 is 4.79 Å². The van der Waals surface area contributed by atoms with Gasteiger partial charge < -0.3 is 16.0 Å². The first-order valence-corrected chi connectivity index (χ1v) is 4.33. The van der Waals surface area contributed by atoms with Gasteiger partial charge in [-0.3, -0.25) is 9.59 Å². The van der Waals surface area contributed by atoms with Crippen molar-refractivity contribution in [3.63, 3.8) is 0 Å². The third-order valence-corrected chi connectivity index (χ3v) is 1.79. The van der Waals surface area contributed by atoms with E-state index in [1.54, 1.807) is 13.0 Å². The lowest BCUT2D eigenvalue weighted by molar-refractivity contribution is 0.0939. The summed E-state index contributed by atoms with van der Waals surface area (Å²) in [4.78, 5) is 25.1. The average Bonchev–Trinajstić information content (AvgIpc) is 2.18. The van der Waals surface area contributed by atoms with E-state index in [0.29, 0.717) is 6.54 Å². The number of rotatable bonds is 3. The van der Waals surface area contributed by atoms with Gasteiger partial charge in [-0.1, -0.05) is 0 Å². The summed E-state index contributed by atoms with van der Waals surface area (Å²) < 4.78 is 0. The Balaban J connectivity index is 2.80. The standard InChI is InChI=1S/C9H13N3O2/c1-6(5-10)12-9(14)7-3-2-4-11-8(7)13/h2-4,6H,5,10H2,1H3,(H,11,13)(H,12,14). The van der Waals surface area contributed by atoms with Gasteiger partial charge in [-0.15, -0.1) is 0 Å². The lowest BCUT2D eigenvalue weighted by Crippen LogP contribution is -2.39. The van der Waals surface area contributed by atoms with Gasteiger partial charge in [0, 0.05) is 18.8 Å². The smallest absolute Gasteiger partial charge is 0.260 e. The molecule has 1 heterocycles. The van der Waals surface area contributed by atoms with Crippen molar-refractivity contribution in [3.8, 4) is 0 Å². The lowest BCUT2D eigenvalue weighted by atomic mass is 10.2. The number of nitrogens with one attached hydrogen (secondary N) is 2. The summed E-state index contributed by atoms with van der Waals surface area (Å²) in [7, 11) is 0. The molecule has 0 saturated heterocycles. The number of hydrogen-bond donors (Lipinski definition) is 3. The van der Waals surface area contributed by atoms with Crippen LogP contribution in [-0.4, -0.2) is 23.5 Å². The van der Waals surface area contributed by atoms with E-state index < -0.39 is 11.5 Å². The second-order valence-corrected chi connectivity index (χ2v) is 3.02. The molecule has 1 aromatic rings. The highest BCUT2D eigenvalue weighted by atomic mass is 16.2. The van der Waals surface area contributed by atoms with Crippen LogP contribution >= 0.6 is 0 Å². The van der Waals surface area contributed by atoms with E-state index in [-0.39, 0.29) is 11.6 Å². The summed E-state index contributed by atoms with van der Waals surface area (Å²) in [5, 5.41) is 2.60. The number of nitrogens with two attached hydrogens (primary N) is 1. The van der Waals surface area contributed by atoms with Crippen LogP contribution in [0.25, 0.3) is 0 Å². The zero-order chi connectivity index (χ0) is 10.6. The number of carbonyl (C=O) groups excluding carboxylic acids is 1. The second kappa shape index (κ2) is 4.57. The van der Waals surface area contributed by atoms with Crippen LogP contribution < -0.4 is 16.6 Å². The van der Waals surface area contributed by atoms with Crippen molar-refractivity contribution in [2.75, 3.05) is 6.54 Å². The molecular weight excluding hydrogens is 182 g/mol. The second-order valence-electron chi connectivity index (χ2n) is 3.02. The van der Waals surface area contributed by atoms with Crippen LogP contribution in [0.4, 0.5) is 0 Å². The Morgan fingerprint density at radius 3 is 3.00 bits per heavy atom. The molecule has 5 nitrogen and oxygen atoms in total. The maximum absolute atomic E-state index is 11.4. The molecule has 0 aromatic carbocycles. The fraction of sp³-hybridized carbons (Fsp3) is 0.333. The van der Waals surface area contributed by atoms with Crippen LogP contribution in [0.15, 0.2) is 23.1 Å². The van der Waals surface area contributed by atoms with Crippen molar-refractivity contribution in [1.82, 2.24) is 10.3 Å². The minimum Gasteiger partial charge on any atom is -0.348 e. The predicted octanol–water partition coefficient (Wildman–Crippen LogP) is -0.548. The third-order valence-electron chi connectivity index (χ3n) is 1.79. The Hall–Kier alpha value is -1.62. The van der Waals surface area contributed by atoms with Gasteiger partial charge in [0.15, 0.2) is 0 Å². The minimum atomic E-state index is -0.398. The van der Waals surface area contributed by atoms with E-state index in [1.807, 2.05) is 0 Å². The van der Waals surface area contributed by atoms with Crippen molar-refractivity contribution in [3.05, 3.63) is 34.2 Å². The van der Waals surface area contributed by atoms with E-state index in [9.17, 15) is 9.59 Å². The third kappa shape index (κ3) is 2.43. The largest absolute Gasteiger partial charge is 0.348 e. The molecule has 14 heavy (non-hydrogen) atoms. The first-order valence-electron chi connectivity index (χ1n) is 4.33. The normalized spacial score (nSPS) is 12.1. The summed E-state index contributed by atoms with van der Waals surface area (Å²) in [5.41, 5.74) is 5.05. The van der Waals surface area contributed by atoms with E-state index in [0.717, 1.165) is 0 Å². The number of aromatic nitrogens is 1. The van der Waals surface area contributed by atoms with Gasteiger partial charge in [-0.25, -0.2) is 0 Å². The number of aromatic amines is 1. The number of H-pyrrole nitrogens is 1. The lowest BCUT2D eigenvalue weighted by Gasteiger charge is -2.10. The van der Waals surface area contributed by atoms with E-state index in [4.69, 9.17) is 5.73 Å². The van der Waals surface area contributed by atoms with Crippen molar-refractivity contribution >= 4 is 5.91 Å². The summed E-state index contributed by atoms with van der Waals surface area (Å²) in [5.74, 6) is -0.398. The summed E-state index contributed by atoms with van der Waals surface area (Å²) >= 11 is 0. The first-order chi connectivity index (χ1) is 6.65. The fourth-order valence-corrected chi connectivity index (χ4v) is 0.961. The molecule has 1 unspecified atom stereocenters. The molecule has 5 heteroatoms. The Kier molecular flexibility index (Phi) is 3.41. The van der Waals surface area contributed by atoms with Crippen molar-refractivity contribution in [2.45, 2.75) is 13.0 Å². The zero-order valence-corrected chi connectivity index (χ0v) is 7.91. The van der Waals surface area contributed by atoms with Gasteiger partial charge in [0.05, 0.1) is 0 Å². The maximum Gasteiger partial charge on any atom is 0.260 e. The van der Waals surface area contributed by atoms with Crippen LogP contribution in [0.3, 0.4) is 0 Å². The molecule has 0 bridgehead atoms. The fourth-order valence-electron chi connectivity index (χ4n) is 0.961. The highest BCUT2D eigenvalue weighted by Crippen LogP contribution is 1.90. The maximum atomic E-state index is 11.4. The molecule has 1 rings (SSSR count). The molecule has 0 aliphatic heterocycles. The Morgan fingerprint density at radius 2 is 2.43 bits per heavy atom. The predicted molar refractivity (Wildman–Crippen MR) is 53.0 cm³/mol. The van der Waals surface area contributed by atoms with Gasteiger partial charge in [0.2, 0.25) is 0 Å². The SMILES string of the molecule is CC(CN)NC(=O)c1ccc[nH]c1=O. The molecule has 1 aromatic heterocycles.